The highest BCUT2D eigenvalue weighted by molar-refractivity contribution is 4.94. The number of aliphatic hydroxyl groups is 1. The van der Waals surface area contributed by atoms with E-state index in [2.05, 4.69) is 14.9 Å². The summed E-state index contributed by atoms with van der Waals surface area (Å²) in [6.07, 6.45) is 10.0. The van der Waals surface area contributed by atoms with Crippen LogP contribution in [0.2, 0.25) is 0 Å². The van der Waals surface area contributed by atoms with Crippen molar-refractivity contribution in [3.05, 3.63) is 18.2 Å². The number of rotatable bonds is 5. The van der Waals surface area contributed by atoms with Crippen LogP contribution < -0.4 is 0 Å². The van der Waals surface area contributed by atoms with Gasteiger partial charge in [-0.15, -0.1) is 0 Å². The Bertz CT molecular complexity index is 374. The van der Waals surface area contributed by atoms with E-state index in [0.29, 0.717) is 6.61 Å². The lowest BCUT2D eigenvalue weighted by Crippen LogP contribution is -2.45. The van der Waals surface area contributed by atoms with Crippen molar-refractivity contribution in [2.45, 2.75) is 38.6 Å². The summed E-state index contributed by atoms with van der Waals surface area (Å²) in [5.74, 6) is 1.93. The third-order valence-electron chi connectivity index (χ3n) is 4.42. The summed E-state index contributed by atoms with van der Waals surface area (Å²) >= 11 is 0. The van der Waals surface area contributed by atoms with Crippen LogP contribution in [-0.4, -0.2) is 39.7 Å². The molecule has 1 aromatic heterocycles. The van der Waals surface area contributed by atoms with Gasteiger partial charge in [0.1, 0.15) is 5.82 Å². The Morgan fingerprint density at radius 3 is 3.06 bits per heavy atom. The van der Waals surface area contributed by atoms with E-state index in [1.165, 1.54) is 32.1 Å². The van der Waals surface area contributed by atoms with E-state index < -0.39 is 0 Å². The number of aromatic nitrogens is 2. The van der Waals surface area contributed by atoms with Gasteiger partial charge in [-0.05, 0) is 31.7 Å². The predicted molar refractivity (Wildman–Crippen MR) is 70.0 cm³/mol. The lowest BCUT2D eigenvalue weighted by atomic mass is 9.76. The Morgan fingerprint density at radius 2 is 2.39 bits per heavy atom. The van der Waals surface area contributed by atoms with E-state index in [1.807, 2.05) is 12.4 Å². The van der Waals surface area contributed by atoms with Crippen molar-refractivity contribution in [3.63, 3.8) is 0 Å². The van der Waals surface area contributed by atoms with Crippen molar-refractivity contribution in [2.75, 3.05) is 19.7 Å². The van der Waals surface area contributed by atoms with Gasteiger partial charge in [0.05, 0.1) is 6.54 Å². The lowest BCUT2D eigenvalue weighted by molar-refractivity contribution is 0.0171. The summed E-state index contributed by atoms with van der Waals surface area (Å²) in [6, 6.07) is 0. The molecule has 4 nitrogen and oxygen atoms in total. The van der Waals surface area contributed by atoms with Gasteiger partial charge in [-0.2, -0.15) is 0 Å². The second-order valence-corrected chi connectivity index (χ2v) is 6.16. The largest absolute Gasteiger partial charge is 0.396 e. The highest BCUT2D eigenvalue weighted by atomic mass is 16.3. The Morgan fingerprint density at radius 1 is 1.50 bits per heavy atom. The zero-order valence-electron chi connectivity index (χ0n) is 10.9. The van der Waals surface area contributed by atoms with Gasteiger partial charge >= 0.3 is 0 Å². The van der Waals surface area contributed by atoms with Crippen molar-refractivity contribution in [3.8, 4) is 0 Å². The number of nitrogens with one attached hydrogen (secondary N) is 1. The van der Waals surface area contributed by atoms with E-state index in [0.717, 1.165) is 31.4 Å². The SMILES string of the molecule is OC[C@@]1(CC2CC2)CCCN(Cc2ncc[nH]2)C1. The number of hydrogen-bond acceptors (Lipinski definition) is 3. The van der Waals surface area contributed by atoms with Gasteiger partial charge in [0, 0.05) is 31.0 Å². The van der Waals surface area contributed by atoms with Crippen LogP contribution in [0.25, 0.3) is 0 Å². The summed E-state index contributed by atoms with van der Waals surface area (Å²) in [6.45, 7) is 3.39. The molecule has 4 heteroatoms. The van der Waals surface area contributed by atoms with Crippen LogP contribution in [0, 0.1) is 11.3 Å². The molecule has 2 heterocycles. The third-order valence-corrected chi connectivity index (χ3v) is 4.42. The Hall–Kier alpha value is -0.870. The van der Waals surface area contributed by atoms with Gasteiger partial charge in [-0.3, -0.25) is 4.90 Å². The number of aromatic amines is 1. The van der Waals surface area contributed by atoms with E-state index in [1.54, 1.807) is 0 Å². The standard InChI is InChI=1S/C14H23N3O/c18-11-14(8-12-2-3-12)4-1-7-17(10-14)9-13-15-5-6-16-13/h5-6,12,18H,1-4,7-11H2,(H,15,16)/t14-/m1/s1. The molecule has 1 atom stereocenters. The number of piperidine rings is 1. The topological polar surface area (TPSA) is 52.1 Å². The Balaban J connectivity index is 1.62. The summed E-state index contributed by atoms with van der Waals surface area (Å²) in [5.41, 5.74) is 0.159. The molecule has 1 saturated heterocycles. The molecule has 100 valence electrons. The predicted octanol–water partition coefficient (Wildman–Crippen LogP) is 1.78. The zero-order valence-corrected chi connectivity index (χ0v) is 10.9. The maximum absolute atomic E-state index is 9.81. The third kappa shape index (κ3) is 2.75. The first kappa shape index (κ1) is 12.2. The monoisotopic (exact) mass is 249 g/mol. The molecule has 1 saturated carbocycles. The van der Waals surface area contributed by atoms with Crippen molar-refractivity contribution in [1.29, 1.82) is 0 Å². The first-order valence-electron chi connectivity index (χ1n) is 7.11. The molecule has 2 fully saturated rings. The molecule has 0 bridgehead atoms. The molecule has 1 aliphatic heterocycles. The van der Waals surface area contributed by atoms with Gasteiger partial charge in [0.25, 0.3) is 0 Å². The second kappa shape index (κ2) is 5.02. The van der Waals surface area contributed by atoms with Gasteiger partial charge in [-0.25, -0.2) is 4.98 Å². The molecule has 0 unspecified atom stereocenters. The fourth-order valence-electron chi connectivity index (χ4n) is 3.34. The number of hydrogen-bond donors (Lipinski definition) is 2. The van der Waals surface area contributed by atoms with Crippen LogP contribution in [0.4, 0.5) is 0 Å². The number of nitrogens with zero attached hydrogens (tertiary/aromatic N) is 2. The fraction of sp³-hybridized carbons (Fsp3) is 0.786. The van der Waals surface area contributed by atoms with Crippen LogP contribution in [0.3, 0.4) is 0 Å². The minimum absolute atomic E-state index is 0.159. The van der Waals surface area contributed by atoms with E-state index in [9.17, 15) is 5.11 Å². The van der Waals surface area contributed by atoms with Gasteiger partial charge in [0.15, 0.2) is 0 Å². The average Bonchev–Trinajstić information content (AvgIpc) is 3.03. The average molecular weight is 249 g/mol. The summed E-state index contributed by atoms with van der Waals surface area (Å²) < 4.78 is 0. The highest BCUT2D eigenvalue weighted by Crippen LogP contribution is 2.44. The van der Waals surface area contributed by atoms with Crippen molar-refractivity contribution in [1.82, 2.24) is 14.9 Å². The molecule has 1 aromatic rings. The smallest absolute Gasteiger partial charge is 0.120 e. The minimum Gasteiger partial charge on any atom is -0.396 e. The van der Waals surface area contributed by atoms with Crippen LogP contribution in [0.5, 0.6) is 0 Å². The molecule has 0 radical (unpaired) electrons. The molecule has 0 aromatic carbocycles. The molecule has 18 heavy (non-hydrogen) atoms. The normalized spacial score (nSPS) is 29.6. The van der Waals surface area contributed by atoms with Crippen molar-refractivity contribution >= 4 is 0 Å². The molecule has 0 spiro atoms. The van der Waals surface area contributed by atoms with Gasteiger partial charge in [-0.1, -0.05) is 12.8 Å². The maximum atomic E-state index is 9.81. The number of aliphatic hydroxyl groups excluding tert-OH is 1. The molecular weight excluding hydrogens is 226 g/mol. The molecule has 3 rings (SSSR count). The summed E-state index contributed by atoms with van der Waals surface area (Å²) in [4.78, 5) is 9.91. The van der Waals surface area contributed by atoms with Gasteiger partial charge < -0.3 is 10.1 Å². The minimum atomic E-state index is 0.159. The first-order valence-corrected chi connectivity index (χ1v) is 7.11. The molecule has 1 aliphatic carbocycles. The maximum Gasteiger partial charge on any atom is 0.120 e. The van der Waals surface area contributed by atoms with Crippen LogP contribution >= 0.6 is 0 Å². The highest BCUT2D eigenvalue weighted by Gasteiger charge is 2.39. The van der Waals surface area contributed by atoms with Crippen LogP contribution in [-0.2, 0) is 6.54 Å². The van der Waals surface area contributed by atoms with Crippen LogP contribution in [0.15, 0.2) is 12.4 Å². The second-order valence-electron chi connectivity index (χ2n) is 6.16. The van der Waals surface area contributed by atoms with Crippen LogP contribution in [0.1, 0.15) is 37.9 Å². The number of H-pyrrole nitrogens is 1. The Kier molecular flexibility index (Phi) is 3.39. The summed E-state index contributed by atoms with van der Waals surface area (Å²) in [7, 11) is 0. The Labute approximate surface area is 108 Å². The molecule has 2 N–H and O–H groups in total. The van der Waals surface area contributed by atoms with E-state index in [4.69, 9.17) is 0 Å². The number of imidazole rings is 1. The molecule has 0 amide bonds. The zero-order chi connectivity index (χ0) is 12.4. The quantitative estimate of drug-likeness (QED) is 0.836. The van der Waals surface area contributed by atoms with E-state index >= 15 is 0 Å². The van der Waals surface area contributed by atoms with Crippen molar-refractivity contribution < 1.29 is 5.11 Å². The molecular formula is C14H23N3O. The molecule has 2 aliphatic rings. The summed E-state index contributed by atoms with van der Waals surface area (Å²) in [5, 5.41) is 9.81. The number of likely N-dealkylation sites (tertiary alicyclic amines) is 1. The lowest BCUT2D eigenvalue weighted by Gasteiger charge is -2.42. The fourth-order valence-corrected chi connectivity index (χ4v) is 3.34. The van der Waals surface area contributed by atoms with Gasteiger partial charge in [0.2, 0.25) is 0 Å². The van der Waals surface area contributed by atoms with E-state index in [-0.39, 0.29) is 5.41 Å². The first-order chi connectivity index (χ1) is 8.80. The van der Waals surface area contributed by atoms with Crippen molar-refractivity contribution in [2.24, 2.45) is 11.3 Å².